The molecule has 0 saturated carbocycles. The lowest BCUT2D eigenvalue weighted by molar-refractivity contribution is -0.155. The van der Waals surface area contributed by atoms with Gasteiger partial charge in [0.25, 0.3) is 0 Å². The average molecular weight is 584 g/mol. The van der Waals surface area contributed by atoms with E-state index in [-0.39, 0.29) is 37.2 Å². The number of nitrogens with two attached hydrogens (primary N) is 1. The van der Waals surface area contributed by atoms with Crippen LogP contribution in [0.15, 0.2) is 18.2 Å². The lowest BCUT2D eigenvalue weighted by atomic mass is 10.1. The van der Waals surface area contributed by atoms with Crippen LogP contribution < -0.4 is 15.2 Å². The summed E-state index contributed by atoms with van der Waals surface area (Å²) in [5.41, 5.74) is 6.55. The van der Waals surface area contributed by atoms with Gasteiger partial charge in [0.05, 0.1) is 19.3 Å². The summed E-state index contributed by atoms with van der Waals surface area (Å²) in [6.07, 6.45) is -3.47. The van der Waals surface area contributed by atoms with Crippen LogP contribution in [-0.4, -0.2) is 62.0 Å². The van der Waals surface area contributed by atoms with Gasteiger partial charge in [-0.1, -0.05) is 33.8 Å². The highest BCUT2D eigenvalue weighted by Gasteiger charge is 2.26. The molecule has 0 amide bonds. The zero-order valence-corrected chi connectivity index (χ0v) is 25.3. The van der Waals surface area contributed by atoms with E-state index in [1.54, 1.807) is 33.8 Å². The predicted molar refractivity (Wildman–Crippen MR) is 149 cm³/mol. The second-order valence-electron chi connectivity index (χ2n) is 10.7. The largest absolute Gasteiger partial charge is 0.513 e. The molecular formula is C29H45NO11. The molecule has 2 N–H and O–H groups in total. The summed E-state index contributed by atoms with van der Waals surface area (Å²) in [6.45, 7) is 14.7. The number of esters is 1. The van der Waals surface area contributed by atoms with Gasteiger partial charge in [0.2, 0.25) is 0 Å². The number of carbonyl (C=O) groups excluding carboxylic acids is 4. The molecule has 0 saturated heterocycles. The highest BCUT2D eigenvalue weighted by Crippen LogP contribution is 2.30. The first-order valence-corrected chi connectivity index (χ1v) is 13.8. The Morgan fingerprint density at radius 1 is 0.683 bits per heavy atom. The van der Waals surface area contributed by atoms with Crippen LogP contribution >= 0.6 is 0 Å². The lowest BCUT2D eigenvalue weighted by Gasteiger charge is -2.22. The van der Waals surface area contributed by atoms with Gasteiger partial charge in [0.1, 0.15) is 18.2 Å². The Bertz CT molecular complexity index is 993. The Hall–Kier alpha value is -3.54. The van der Waals surface area contributed by atoms with Crippen LogP contribution in [0.4, 0.5) is 14.4 Å². The van der Waals surface area contributed by atoms with Crippen molar-refractivity contribution in [3.8, 4) is 11.5 Å². The Morgan fingerprint density at radius 3 is 1.71 bits per heavy atom. The van der Waals surface area contributed by atoms with Gasteiger partial charge in [-0.15, -0.1) is 0 Å². The van der Waals surface area contributed by atoms with Crippen LogP contribution in [0.5, 0.6) is 11.5 Å². The molecule has 12 heteroatoms. The van der Waals surface area contributed by atoms with E-state index in [2.05, 4.69) is 0 Å². The summed E-state index contributed by atoms with van der Waals surface area (Å²) >= 11 is 0. The maximum atomic E-state index is 12.6. The minimum Gasteiger partial charge on any atom is -0.458 e. The second-order valence-corrected chi connectivity index (χ2v) is 10.7. The van der Waals surface area contributed by atoms with Crippen molar-refractivity contribution in [3.05, 3.63) is 23.8 Å². The van der Waals surface area contributed by atoms with E-state index in [1.165, 1.54) is 12.1 Å². The third-order valence-corrected chi connectivity index (χ3v) is 5.56. The van der Waals surface area contributed by atoms with Crippen molar-refractivity contribution in [1.29, 1.82) is 0 Å². The van der Waals surface area contributed by atoms with Crippen molar-refractivity contribution in [1.82, 2.24) is 0 Å². The number of hydrogen-bond donors (Lipinski definition) is 1. The van der Waals surface area contributed by atoms with Crippen molar-refractivity contribution in [3.63, 3.8) is 0 Å². The molecule has 0 aromatic heterocycles. The van der Waals surface area contributed by atoms with Gasteiger partial charge < -0.3 is 38.9 Å². The minimum atomic E-state index is -1.11. The van der Waals surface area contributed by atoms with E-state index in [4.69, 9.17) is 38.9 Å². The Kier molecular flexibility index (Phi) is 15.6. The molecule has 1 aromatic carbocycles. The number of ether oxygens (including phenoxy) is 7. The summed E-state index contributed by atoms with van der Waals surface area (Å²) in [6, 6.07) is 3.25. The first kappa shape index (κ1) is 35.5. The van der Waals surface area contributed by atoms with Gasteiger partial charge in [-0.2, -0.15) is 0 Å². The molecule has 41 heavy (non-hydrogen) atoms. The zero-order valence-electron chi connectivity index (χ0n) is 25.3. The van der Waals surface area contributed by atoms with Crippen molar-refractivity contribution in [2.75, 3.05) is 13.2 Å². The van der Waals surface area contributed by atoms with Gasteiger partial charge >= 0.3 is 24.4 Å². The Morgan fingerprint density at radius 2 is 1.20 bits per heavy atom. The highest BCUT2D eigenvalue weighted by molar-refractivity contribution is 5.76. The monoisotopic (exact) mass is 583 g/mol. The molecule has 0 radical (unpaired) electrons. The van der Waals surface area contributed by atoms with Gasteiger partial charge in [0.15, 0.2) is 11.5 Å². The summed E-state index contributed by atoms with van der Waals surface area (Å²) in [5, 5.41) is 0. The number of rotatable bonds is 15. The van der Waals surface area contributed by atoms with E-state index in [0.29, 0.717) is 30.2 Å². The standard InChI is InChI=1S/C29H45NO11/c1-17(2)11-13-35-27(32)40-24-10-9-22(16-25(24)41-28(33)36-14-12-18(3)4)15-23(30)26(31)38-20(7)21(8)39-29(34)37-19(5)6/h9-10,16-21,23H,11-15,30H2,1-8H3/t20-,21-,23-/m0/s1. The normalized spacial score (nSPS) is 13.3. The highest BCUT2D eigenvalue weighted by atomic mass is 16.8. The molecule has 0 heterocycles. The topological polar surface area (TPSA) is 159 Å². The van der Waals surface area contributed by atoms with Crippen molar-refractivity contribution in [2.24, 2.45) is 17.6 Å². The van der Waals surface area contributed by atoms with Gasteiger partial charge in [-0.25, -0.2) is 14.4 Å². The third kappa shape index (κ3) is 15.1. The fraction of sp³-hybridized carbons (Fsp3) is 0.655. The summed E-state index contributed by atoms with van der Waals surface area (Å²) in [5.74, 6) is -0.281. The molecule has 0 aliphatic rings. The molecule has 1 rings (SSSR count). The molecule has 0 bridgehead atoms. The van der Waals surface area contributed by atoms with Crippen LogP contribution in [0.2, 0.25) is 0 Å². The maximum Gasteiger partial charge on any atom is 0.513 e. The molecule has 0 unspecified atom stereocenters. The Balaban J connectivity index is 2.91. The number of hydrogen-bond acceptors (Lipinski definition) is 12. The molecule has 1 aromatic rings. The molecule has 0 spiro atoms. The molecule has 12 nitrogen and oxygen atoms in total. The smallest absolute Gasteiger partial charge is 0.458 e. The van der Waals surface area contributed by atoms with E-state index in [9.17, 15) is 19.2 Å². The van der Waals surface area contributed by atoms with Crippen molar-refractivity contribution >= 4 is 24.4 Å². The fourth-order valence-corrected chi connectivity index (χ4v) is 3.01. The second kappa shape index (κ2) is 18.0. The first-order valence-electron chi connectivity index (χ1n) is 13.8. The molecule has 0 fully saturated rings. The quantitative estimate of drug-likeness (QED) is 0.156. The minimum absolute atomic E-state index is 0.00590. The van der Waals surface area contributed by atoms with Crippen LogP contribution in [0.3, 0.4) is 0 Å². The SMILES string of the molecule is CC(C)CCOC(=O)Oc1ccc(C[C@H](N)C(=O)O[C@@H](C)[C@H](C)OC(=O)OC(C)C)cc1OC(=O)OCCC(C)C. The van der Waals surface area contributed by atoms with E-state index >= 15 is 0 Å². The summed E-state index contributed by atoms with van der Waals surface area (Å²) in [7, 11) is 0. The van der Waals surface area contributed by atoms with Crippen LogP contribution in [0.25, 0.3) is 0 Å². The van der Waals surface area contributed by atoms with Gasteiger partial charge in [0, 0.05) is 0 Å². The summed E-state index contributed by atoms with van der Waals surface area (Å²) in [4.78, 5) is 48.8. The van der Waals surface area contributed by atoms with Gasteiger partial charge in [-0.3, -0.25) is 4.79 Å². The molecule has 0 aliphatic heterocycles. The van der Waals surface area contributed by atoms with E-state index in [1.807, 2.05) is 27.7 Å². The molecular weight excluding hydrogens is 538 g/mol. The zero-order chi connectivity index (χ0) is 31.1. The van der Waals surface area contributed by atoms with E-state index < -0.39 is 42.7 Å². The van der Waals surface area contributed by atoms with E-state index in [0.717, 1.165) is 0 Å². The third-order valence-electron chi connectivity index (χ3n) is 5.56. The van der Waals surface area contributed by atoms with Crippen LogP contribution in [0, 0.1) is 11.8 Å². The Labute approximate surface area is 242 Å². The van der Waals surface area contributed by atoms with Gasteiger partial charge in [-0.05, 0) is 76.5 Å². The maximum absolute atomic E-state index is 12.6. The molecule has 3 atom stereocenters. The lowest BCUT2D eigenvalue weighted by Crippen LogP contribution is -2.39. The average Bonchev–Trinajstić information content (AvgIpc) is 2.84. The fourth-order valence-electron chi connectivity index (χ4n) is 3.01. The summed E-state index contributed by atoms with van der Waals surface area (Å²) < 4.78 is 36.1. The number of benzene rings is 1. The molecule has 232 valence electrons. The molecule has 0 aliphatic carbocycles. The van der Waals surface area contributed by atoms with Crippen LogP contribution in [0.1, 0.15) is 73.8 Å². The predicted octanol–water partition coefficient (Wildman–Crippen LogP) is 5.56. The van der Waals surface area contributed by atoms with Crippen LogP contribution in [-0.2, 0) is 34.9 Å². The first-order chi connectivity index (χ1) is 19.2. The number of carbonyl (C=O) groups is 4. The van der Waals surface area contributed by atoms with Crippen molar-refractivity contribution in [2.45, 2.75) is 99.0 Å². The van der Waals surface area contributed by atoms with Crippen molar-refractivity contribution < 1.29 is 52.3 Å².